The quantitative estimate of drug-likeness (QED) is 0.629. The van der Waals surface area contributed by atoms with Gasteiger partial charge in [-0.3, -0.25) is 4.90 Å². The van der Waals surface area contributed by atoms with Gasteiger partial charge in [0.15, 0.2) is 0 Å². The summed E-state index contributed by atoms with van der Waals surface area (Å²) in [6.07, 6.45) is 4.73. The first kappa shape index (κ1) is 19.0. The Bertz CT molecular complexity index is 468. The fourth-order valence-corrected chi connectivity index (χ4v) is 3.29. The van der Waals surface area contributed by atoms with Crippen LogP contribution in [0.15, 0.2) is 18.2 Å². The number of nitrogen functional groups attached to an aromatic ring is 1. The maximum Gasteiger partial charge on any atom is 0.0600 e. The Balaban J connectivity index is 1.80. The van der Waals surface area contributed by atoms with E-state index >= 15 is 0 Å². The van der Waals surface area contributed by atoms with E-state index in [1.54, 1.807) is 14.2 Å². The average molecular weight is 335 g/mol. The molecule has 1 saturated heterocycles. The van der Waals surface area contributed by atoms with E-state index in [1.807, 2.05) is 0 Å². The minimum atomic E-state index is 0.765. The highest BCUT2D eigenvalue weighted by atomic mass is 16.5. The Morgan fingerprint density at radius 3 is 2.29 bits per heavy atom. The van der Waals surface area contributed by atoms with Crippen LogP contribution in [0.25, 0.3) is 0 Å². The van der Waals surface area contributed by atoms with E-state index in [0.717, 1.165) is 64.5 Å². The zero-order valence-corrected chi connectivity index (χ0v) is 15.3. The zero-order chi connectivity index (χ0) is 17.2. The van der Waals surface area contributed by atoms with Crippen molar-refractivity contribution in [3.8, 4) is 0 Å². The minimum Gasteiger partial charge on any atom is -0.397 e. The summed E-state index contributed by atoms with van der Waals surface area (Å²) in [6.45, 7) is 6.77. The van der Waals surface area contributed by atoms with Crippen LogP contribution >= 0.6 is 0 Å². The van der Waals surface area contributed by atoms with E-state index in [9.17, 15) is 0 Å². The first-order valence-corrected chi connectivity index (χ1v) is 9.08. The molecular formula is C19H33N3O2. The number of methoxy groups -OCH3 is 2. The number of aryl methyl sites for hydroxylation is 1. The minimum absolute atomic E-state index is 0.765. The lowest BCUT2D eigenvalue weighted by atomic mass is 10.1. The van der Waals surface area contributed by atoms with Gasteiger partial charge in [0.05, 0.1) is 24.6 Å². The summed E-state index contributed by atoms with van der Waals surface area (Å²) in [4.78, 5) is 4.80. The number of anilines is 2. The highest BCUT2D eigenvalue weighted by Gasteiger charge is 2.14. The van der Waals surface area contributed by atoms with Crippen molar-refractivity contribution in [3.05, 3.63) is 23.8 Å². The second kappa shape index (κ2) is 10.5. The fourth-order valence-electron chi connectivity index (χ4n) is 3.29. The SMILES string of the molecule is COCCN(CCCc1ccc(N2CCCC2)c(N)c1)CCOC. The fraction of sp³-hybridized carbons (Fsp3) is 0.684. The molecule has 2 rings (SSSR count). The van der Waals surface area contributed by atoms with Gasteiger partial charge in [0.2, 0.25) is 0 Å². The third-order valence-electron chi connectivity index (χ3n) is 4.70. The van der Waals surface area contributed by atoms with E-state index in [2.05, 4.69) is 28.0 Å². The van der Waals surface area contributed by atoms with Gasteiger partial charge in [0, 0.05) is 40.4 Å². The van der Waals surface area contributed by atoms with Crippen molar-refractivity contribution in [2.24, 2.45) is 0 Å². The van der Waals surface area contributed by atoms with Gasteiger partial charge in [-0.2, -0.15) is 0 Å². The summed E-state index contributed by atoms with van der Waals surface area (Å²) >= 11 is 0. The summed E-state index contributed by atoms with van der Waals surface area (Å²) < 4.78 is 10.4. The van der Waals surface area contributed by atoms with Crippen molar-refractivity contribution in [1.82, 2.24) is 4.90 Å². The van der Waals surface area contributed by atoms with E-state index in [1.165, 1.54) is 24.1 Å². The van der Waals surface area contributed by atoms with Crippen LogP contribution in [-0.2, 0) is 15.9 Å². The van der Waals surface area contributed by atoms with Gasteiger partial charge in [-0.15, -0.1) is 0 Å². The number of hydrogen-bond donors (Lipinski definition) is 1. The van der Waals surface area contributed by atoms with E-state index in [-0.39, 0.29) is 0 Å². The van der Waals surface area contributed by atoms with Gasteiger partial charge in [0.1, 0.15) is 0 Å². The second-order valence-corrected chi connectivity index (χ2v) is 6.52. The lowest BCUT2D eigenvalue weighted by molar-refractivity contribution is 0.113. The summed E-state index contributed by atoms with van der Waals surface area (Å²) in [5.74, 6) is 0. The standard InChI is InChI=1S/C19H33N3O2/c1-23-14-12-21(13-15-24-2)9-5-6-17-7-8-19(18(20)16-17)22-10-3-4-11-22/h7-8,16H,3-6,9-15,20H2,1-2H3. The summed E-state index contributed by atoms with van der Waals surface area (Å²) in [6, 6.07) is 6.59. The number of benzene rings is 1. The van der Waals surface area contributed by atoms with Crippen molar-refractivity contribution in [2.75, 3.05) is 70.8 Å². The highest BCUT2D eigenvalue weighted by molar-refractivity contribution is 5.68. The molecule has 1 aliphatic rings. The normalized spacial score (nSPS) is 14.7. The molecule has 0 bridgehead atoms. The molecule has 0 unspecified atom stereocenters. The molecule has 24 heavy (non-hydrogen) atoms. The molecule has 1 fully saturated rings. The molecule has 0 aromatic heterocycles. The molecular weight excluding hydrogens is 302 g/mol. The highest BCUT2D eigenvalue weighted by Crippen LogP contribution is 2.27. The van der Waals surface area contributed by atoms with Crippen molar-refractivity contribution < 1.29 is 9.47 Å². The second-order valence-electron chi connectivity index (χ2n) is 6.52. The van der Waals surface area contributed by atoms with Crippen molar-refractivity contribution in [3.63, 3.8) is 0 Å². The molecule has 0 spiro atoms. The molecule has 0 aliphatic carbocycles. The molecule has 5 nitrogen and oxygen atoms in total. The zero-order valence-electron chi connectivity index (χ0n) is 15.3. The Kier molecular flexibility index (Phi) is 8.36. The maximum absolute atomic E-state index is 6.28. The molecule has 0 saturated carbocycles. The van der Waals surface area contributed by atoms with Crippen LogP contribution < -0.4 is 10.6 Å². The third-order valence-corrected chi connectivity index (χ3v) is 4.70. The molecule has 1 aliphatic heterocycles. The molecule has 136 valence electrons. The Labute approximate surface area is 146 Å². The first-order chi connectivity index (χ1) is 11.7. The van der Waals surface area contributed by atoms with Crippen LogP contribution in [0.2, 0.25) is 0 Å². The molecule has 1 aromatic rings. The van der Waals surface area contributed by atoms with Crippen LogP contribution in [0.4, 0.5) is 11.4 Å². The lowest BCUT2D eigenvalue weighted by Gasteiger charge is -2.22. The van der Waals surface area contributed by atoms with Crippen LogP contribution in [0.3, 0.4) is 0 Å². The Morgan fingerprint density at radius 2 is 1.71 bits per heavy atom. The van der Waals surface area contributed by atoms with Crippen LogP contribution in [0.5, 0.6) is 0 Å². The Morgan fingerprint density at radius 1 is 1.04 bits per heavy atom. The molecule has 1 heterocycles. The number of ether oxygens (including phenoxy) is 2. The summed E-state index contributed by atoms with van der Waals surface area (Å²) in [5, 5.41) is 0. The monoisotopic (exact) mass is 335 g/mol. The molecule has 5 heteroatoms. The van der Waals surface area contributed by atoms with Crippen LogP contribution in [0, 0.1) is 0 Å². The third kappa shape index (κ3) is 5.96. The van der Waals surface area contributed by atoms with Gasteiger partial charge in [-0.05, 0) is 49.9 Å². The van der Waals surface area contributed by atoms with E-state index < -0.39 is 0 Å². The predicted molar refractivity (Wildman–Crippen MR) is 101 cm³/mol. The molecule has 2 N–H and O–H groups in total. The van der Waals surface area contributed by atoms with E-state index in [4.69, 9.17) is 15.2 Å². The van der Waals surface area contributed by atoms with Crippen molar-refractivity contribution >= 4 is 11.4 Å². The van der Waals surface area contributed by atoms with Crippen LogP contribution in [-0.4, -0.2) is 65.1 Å². The largest absolute Gasteiger partial charge is 0.397 e. The van der Waals surface area contributed by atoms with Crippen molar-refractivity contribution in [2.45, 2.75) is 25.7 Å². The smallest absolute Gasteiger partial charge is 0.0600 e. The van der Waals surface area contributed by atoms with Gasteiger partial charge in [0.25, 0.3) is 0 Å². The van der Waals surface area contributed by atoms with Crippen LogP contribution in [0.1, 0.15) is 24.8 Å². The Hall–Kier alpha value is -1.30. The molecule has 1 aromatic carbocycles. The topological polar surface area (TPSA) is 51.0 Å². The summed E-state index contributed by atoms with van der Waals surface area (Å²) in [7, 11) is 3.50. The molecule has 0 radical (unpaired) electrons. The number of rotatable bonds is 11. The van der Waals surface area contributed by atoms with Crippen molar-refractivity contribution in [1.29, 1.82) is 0 Å². The van der Waals surface area contributed by atoms with Gasteiger partial charge in [-0.1, -0.05) is 6.07 Å². The van der Waals surface area contributed by atoms with E-state index in [0.29, 0.717) is 0 Å². The number of nitrogens with zero attached hydrogens (tertiary/aromatic N) is 2. The average Bonchev–Trinajstić information content (AvgIpc) is 3.11. The lowest BCUT2D eigenvalue weighted by Crippen LogP contribution is -2.31. The summed E-state index contributed by atoms with van der Waals surface area (Å²) in [5.41, 5.74) is 9.73. The van der Waals surface area contributed by atoms with Gasteiger partial charge in [-0.25, -0.2) is 0 Å². The van der Waals surface area contributed by atoms with Gasteiger partial charge < -0.3 is 20.1 Å². The maximum atomic E-state index is 6.28. The number of nitrogens with two attached hydrogens (primary N) is 1. The number of hydrogen-bond acceptors (Lipinski definition) is 5. The first-order valence-electron chi connectivity index (χ1n) is 9.08. The van der Waals surface area contributed by atoms with Gasteiger partial charge >= 0.3 is 0 Å². The molecule has 0 atom stereocenters. The predicted octanol–water partition coefficient (Wildman–Crippen LogP) is 2.40. The molecule has 0 amide bonds.